The Balaban J connectivity index is 1.82. The number of carbonyl (C=O) groups excluding carboxylic acids is 1. The SMILES string of the molecule is COc1ccc(C(=O)N(Cc2cc3ccc(C)cc3[nH]c2=O)c2ccc(C)cc2C)cc1OC. The molecule has 4 aromatic rings. The van der Waals surface area contributed by atoms with Gasteiger partial charge >= 0.3 is 0 Å². The standard InChI is InChI=1S/C28H28N2O4/c1-17-7-10-24(19(3)12-17)30(28(32)21-9-11-25(33-4)26(15-21)34-5)16-22-14-20-8-6-18(2)13-23(20)29-27(22)31/h6-15H,16H2,1-5H3,(H,29,31). The highest BCUT2D eigenvalue weighted by molar-refractivity contribution is 6.06. The molecule has 1 N–H and O–H groups in total. The van der Waals surface area contributed by atoms with Crippen molar-refractivity contribution in [2.75, 3.05) is 19.1 Å². The first-order valence-corrected chi connectivity index (χ1v) is 11.0. The quantitative estimate of drug-likeness (QED) is 0.426. The molecule has 174 valence electrons. The minimum Gasteiger partial charge on any atom is -0.493 e. The minimum atomic E-state index is -0.240. The maximum absolute atomic E-state index is 13.8. The summed E-state index contributed by atoms with van der Waals surface area (Å²) in [4.78, 5) is 31.4. The molecule has 0 saturated carbocycles. The van der Waals surface area contributed by atoms with Gasteiger partial charge in [0.15, 0.2) is 11.5 Å². The lowest BCUT2D eigenvalue weighted by Gasteiger charge is -2.25. The van der Waals surface area contributed by atoms with Crippen LogP contribution in [0.25, 0.3) is 10.9 Å². The zero-order valence-corrected chi connectivity index (χ0v) is 20.1. The second-order valence-corrected chi connectivity index (χ2v) is 8.47. The highest BCUT2D eigenvalue weighted by Crippen LogP contribution is 2.30. The van der Waals surface area contributed by atoms with Crippen LogP contribution in [0, 0.1) is 20.8 Å². The summed E-state index contributed by atoms with van der Waals surface area (Å²) in [5.74, 6) is 0.766. The number of amides is 1. The molecular weight excluding hydrogens is 428 g/mol. The molecule has 3 aromatic carbocycles. The first-order valence-electron chi connectivity index (χ1n) is 11.0. The molecule has 0 aliphatic heterocycles. The third-order valence-corrected chi connectivity index (χ3v) is 5.93. The normalized spacial score (nSPS) is 10.9. The highest BCUT2D eigenvalue weighted by atomic mass is 16.5. The molecule has 0 unspecified atom stereocenters. The average Bonchev–Trinajstić information content (AvgIpc) is 2.82. The lowest BCUT2D eigenvalue weighted by atomic mass is 10.1. The van der Waals surface area contributed by atoms with Crippen LogP contribution in [0.3, 0.4) is 0 Å². The minimum absolute atomic E-state index is 0.121. The Bertz CT molecular complexity index is 1440. The Morgan fingerprint density at radius 3 is 2.26 bits per heavy atom. The Morgan fingerprint density at radius 2 is 1.56 bits per heavy atom. The van der Waals surface area contributed by atoms with Gasteiger partial charge in [-0.15, -0.1) is 0 Å². The Morgan fingerprint density at radius 1 is 0.853 bits per heavy atom. The number of ether oxygens (including phenoxy) is 2. The Labute approximate surface area is 198 Å². The Hall–Kier alpha value is -4.06. The third-order valence-electron chi connectivity index (χ3n) is 5.93. The number of H-pyrrole nitrogens is 1. The van der Waals surface area contributed by atoms with Crippen LogP contribution in [0.15, 0.2) is 65.5 Å². The van der Waals surface area contributed by atoms with Crippen LogP contribution in [0.4, 0.5) is 5.69 Å². The van der Waals surface area contributed by atoms with Crippen molar-refractivity contribution in [1.82, 2.24) is 4.98 Å². The number of nitrogens with one attached hydrogen (secondary N) is 1. The number of aromatic amines is 1. The number of methoxy groups -OCH3 is 2. The number of hydrogen-bond acceptors (Lipinski definition) is 4. The van der Waals surface area contributed by atoms with Crippen molar-refractivity contribution in [3.05, 3.63) is 98.8 Å². The van der Waals surface area contributed by atoms with Gasteiger partial charge in [-0.25, -0.2) is 0 Å². The molecule has 0 radical (unpaired) electrons. The van der Waals surface area contributed by atoms with Crippen LogP contribution in [0.1, 0.15) is 32.6 Å². The number of rotatable bonds is 6. The number of anilines is 1. The Kier molecular flexibility index (Phi) is 6.41. The van der Waals surface area contributed by atoms with Gasteiger partial charge in [-0.1, -0.05) is 29.8 Å². The van der Waals surface area contributed by atoms with E-state index in [2.05, 4.69) is 4.98 Å². The van der Waals surface area contributed by atoms with Crippen LogP contribution >= 0.6 is 0 Å². The summed E-state index contributed by atoms with van der Waals surface area (Å²) in [5.41, 5.74) is 5.35. The van der Waals surface area contributed by atoms with Gasteiger partial charge in [0.2, 0.25) is 0 Å². The number of aryl methyl sites for hydroxylation is 3. The number of benzene rings is 3. The van der Waals surface area contributed by atoms with E-state index in [1.807, 2.05) is 63.2 Å². The van der Waals surface area contributed by atoms with Crippen LogP contribution in [-0.2, 0) is 6.54 Å². The summed E-state index contributed by atoms with van der Waals surface area (Å²) in [6, 6.07) is 18.7. The fraction of sp³-hybridized carbons (Fsp3) is 0.214. The van der Waals surface area contributed by atoms with Gasteiger partial charge in [0.1, 0.15) is 0 Å². The molecule has 1 heterocycles. The molecule has 0 fully saturated rings. The summed E-state index contributed by atoms with van der Waals surface area (Å²) in [6.45, 7) is 6.07. The van der Waals surface area contributed by atoms with Gasteiger partial charge in [-0.2, -0.15) is 0 Å². The van der Waals surface area contributed by atoms with Crippen molar-refractivity contribution in [3.63, 3.8) is 0 Å². The predicted molar refractivity (Wildman–Crippen MR) is 135 cm³/mol. The molecule has 1 aromatic heterocycles. The van der Waals surface area contributed by atoms with E-state index < -0.39 is 0 Å². The molecule has 0 saturated heterocycles. The molecule has 1 amide bonds. The first kappa shape index (κ1) is 23.1. The lowest BCUT2D eigenvalue weighted by molar-refractivity contribution is 0.0984. The van der Waals surface area contributed by atoms with E-state index in [-0.39, 0.29) is 18.0 Å². The molecule has 0 spiro atoms. The summed E-state index contributed by atoms with van der Waals surface area (Å²) >= 11 is 0. The monoisotopic (exact) mass is 456 g/mol. The van der Waals surface area contributed by atoms with Crippen LogP contribution in [0.5, 0.6) is 11.5 Å². The molecule has 6 heteroatoms. The van der Waals surface area contributed by atoms with Crippen molar-refractivity contribution in [2.24, 2.45) is 0 Å². The van der Waals surface area contributed by atoms with Crippen LogP contribution < -0.4 is 19.9 Å². The maximum atomic E-state index is 13.8. The van der Waals surface area contributed by atoms with Crippen LogP contribution in [-0.4, -0.2) is 25.1 Å². The molecule has 0 bridgehead atoms. The van der Waals surface area contributed by atoms with Gasteiger partial charge in [0.05, 0.1) is 20.8 Å². The fourth-order valence-electron chi connectivity index (χ4n) is 4.15. The predicted octanol–water partition coefficient (Wildman–Crippen LogP) is 5.32. The van der Waals surface area contributed by atoms with Crippen molar-refractivity contribution in [2.45, 2.75) is 27.3 Å². The van der Waals surface area contributed by atoms with Crippen molar-refractivity contribution in [3.8, 4) is 11.5 Å². The maximum Gasteiger partial charge on any atom is 0.258 e. The van der Waals surface area contributed by atoms with Gasteiger partial charge in [0.25, 0.3) is 11.5 Å². The smallest absolute Gasteiger partial charge is 0.258 e. The summed E-state index contributed by atoms with van der Waals surface area (Å²) in [6.07, 6.45) is 0. The van der Waals surface area contributed by atoms with Gasteiger partial charge in [-0.05, 0) is 73.7 Å². The molecule has 34 heavy (non-hydrogen) atoms. The second-order valence-electron chi connectivity index (χ2n) is 8.47. The third kappa shape index (κ3) is 4.53. The number of pyridine rings is 1. The van der Waals surface area contributed by atoms with E-state index in [1.165, 1.54) is 7.11 Å². The van der Waals surface area contributed by atoms with Gasteiger partial charge in [-0.3, -0.25) is 9.59 Å². The van der Waals surface area contributed by atoms with Gasteiger partial charge < -0.3 is 19.4 Å². The molecule has 0 aliphatic rings. The summed E-state index contributed by atoms with van der Waals surface area (Å²) < 4.78 is 10.7. The topological polar surface area (TPSA) is 71.6 Å². The number of hydrogen-bond donors (Lipinski definition) is 1. The van der Waals surface area contributed by atoms with Crippen LogP contribution in [0.2, 0.25) is 0 Å². The van der Waals surface area contributed by atoms with Crippen molar-refractivity contribution < 1.29 is 14.3 Å². The highest BCUT2D eigenvalue weighted by Gasteiger charge is 2.23. The summed E-state index contributed by atoms with van der Waals surface area (Å²) in [5, 5.41) is 0.916. The van der Waals surface area contributed by atoms with E-state index in [9.17, 15) is 9.59 Å². The zero-order valence-electron chi connectivity index (χ0n) is 20.1. The number of carbonyl (C=O) groups is 1. The second kappa shape index (κ2) is 9.43. The molecule has 6 nitrogen and oxygen atoms in total. The number of aromatic nitrogens is 1. The zero-order chi connectivity index (χ0) is 24.4. The number of fused-ring (bicyclic) bond motifs is 1. The largest absolute Gasteiger partial charge is 0.493 e. The molecule has 0 aliphatic carbocycles. The fourth-order valence-corrected chi connectivity index (χ4v) is 4.15. The van der Waals surface area contributed by atoms with E-state index in [0.29, 0.717) is 22.6 Å². The first-order chi connectivity index (χ1) is 16.3. The molecule has 0 atom stereocenters. The van der Waals surface area contributed by atoms with E-state index in [0.717, 1.165) is 33.3 Å². The van der Waals surface area contributed by atoms with Gasteiger partial charge in [0, 0.05) is 22.3 Å². The lowest BCUT2D eigenvalue weighted by Crippen LogP contribution is -2.33. The van der Waals surface area contributed by atoms with E-state index >= 15 is 0 Å². The van der Waals surface area contributed by atoms with Crippen molar-refractivity contribution >= 4 is 22.5 Å². The van der Waals surface area contributed by atoms with Crippen molar-refractivity contribution in [1.29, 1.82) is 0 Å². The summed E-state index contributed by atoms with van der Waals surface area (Å²) in [7, 11) is 3.08. The van der Waals surface area contributed by atoms with E-state index in [1.54, 1.807) is 30.2 Å². The molecule has 4 rings (SSSR count). The average molecular weight is 457 g/mol. The number of nitrogens with zero attached hydrogens (tertiary/aromatic N) is 1. The van der Waals surface area contributed by atoms with E-state index in [4.69, 9.17) is 9.47 Å². The molecular formula is C28H28N2O4.